The van der Waals surface area contributed by atoms with E-state index in [1.807, 2.05) is 17.0 Å². The molecule has 1 aromatic rings. The number of hydrogen-bond donors (Lipinski definition) is 0. The van der Waals surface area contributed by atoms with Gasteiger partial charge in [0.25, 0.3) is 5.91 Å². The maximum Gasteiger partial charge on any atom is 0.260 e. The van der Waals surface area contributed by atoms with Crippen LogP contribution in [0.4, 0.5) is 0 Å². The average molecular weight is 470 g/mol. The van der Waals surface area contributed by atoms with Crippen LogP contribution in [0.2, 0.25) is 0 Å². The molecule has 0 saturated carbocycles. The zero-order valence-electron chi connectivity index (χ0n) is 11.2. The summed E-state index contributed by atoms with van der Waals surface area (Å²) in [4.78, 5) is 14.1. The molecule has 1 aliphatic rings. The number of benzene rings is 1. The van der Waals surface area contributed by atoms with Crippen LogP contribution in [0.15, 0.2) is 25.6 Å². The number of carbonyl (C=O) groups is 1. The highest BCUT2D eigenvalue weighted by Crippen LogP contribution is 2.36. The Hall–Kier alpha value is -0.0700. The number of likely N-dealkylation sites (tertiary alicyclic amines) is 1. The molecule has 0 aromatic heterocycles. The molecule has 0 bridgehead atoms. The Bertz CT molecular complexity index is 484. The van der Waals surface area contributed by atoms with Gasteiger partial charge in [0.05, 0.1) is 8.95 Å². The van der Waals surface area contributed by atoms with E-state index in [-0.39, 0.29) is 12.5 Å². The number of carbonyl (C=O) groups excluding carboxylic acids is 1. The monoisotopic (exact) mass is 467 g/mol. The molecule has 1 heterocycles. The summed E-state index contributed by atoms with van der Waals surface area (Å²) >= 11 is 10.3. The first-order chi connectivity index (χ1) is 9.47. The standard InChI is InChI=1S/C14H16Br3NO2/c1-9-3-2-4-18(7-9)13(19)8-20-14-11(16)5-10(15)6-12(14)17/h5-6,9H,2-4,7-8H2,1H3. The lowest BCUT2D eigenvalue weighted by Gasteiger charge is -2.30. The van der Waals surface area contributed by atoms with Crippen molar-refractivity contribution in [2.75, 3.05) is 19.7 Å². The maximum atomic E-state index is 12.2. The SMILES string of the molecule is CC1CCCN(C(=O)COc2c(Br)cc(Br)cc2Br)C1. The fourth-order valence-electron chi connectivity index (χ4n) is 2.31. The molecule has 1 amide bonds. The van der Waals surface area contributed by atoms with Crippen LogP contribution in [0, 0.1) is 5.92 Å². The van der Waals surface area contributed by atoms with Gasteiger partial charge in [-0.25, -0.2) is 0 Å². The lowest BCUT2D eigenvalue weighted by molar-refractivity contribution is -0.135. The summed E-state index contributed by atoms with van der Waals surface area (Å²) in [5.74, 6) is 1.30. The van der Waals surface area contributed by atoms with Crippen molar-refractivity contribution in [3.05, 3.63) is 25.6 Å². The molecule has 3 nitrogen and oxygen atoms in total. The maximum absolute atomic E-state index is 12.2. The average Bonchev–Trinajstić information content (AvgIpc) is 2.37. The van der Waals surface area contributed by atoms with Gasteiger partial charge in [0.15, 0.2) is 6.61 Å². The molecular formula is C14H16Br3NO2. The second kappa shape index (κ2) is 7.27. The molecule has 1 aliphatic heterocycles. The van der Waals surface area contributed by atoms with Gasteiger partial charge in [-0.2, -0.15) is 0 Å². The highest BCUT2D eigenvalue weighted by atomic mass is 79.9. The van der Waals surface area contributed by atoms with Gasteiger partial charge in [0.2, 0.25) is 0 Å². The van der Waals surface area contributed by atoms with Crippen LogP contribution in [-0.2, 0) is 4.79 Å². The molecule has 2 rings (SSSR count). The molecule has 1 atom stereocenters. The molecule has 0 aliphatic carbocycles. The Morgan fingerprint density at radius 2 is 2.00 bits per heavy atom. The van der Waals surface area contributed by atoms with Crippen molar-refractivity contribution >= 4 is 53.7 Å². The lowest BCUT2D eigenvalue weighted by atomic mass is 10.0. The van der Waals surface area contributed by atoms with Crippen LogP contribution < -0.4 is 4.74 Å². The van der Waals surface area contributed by atoms with Crippen molar-refractivity contribution in [2.45, 2.75) is 19.8 Å². The van der Waals surface area contributed by atoms with Crippen molar-refractivity contribution in [3.63, 3.8) is 0 Å². The summed E-state index contributed by atoms with van der Waals surface area (Å²) in [6, 6.07) is 3.79. The number of amides is 1. The number of ether oxygens (including phenoxy) is 1. The first-order valence-corrected chi connectivity index (χ1v) is 8.90. The lowest BCUT2D eigenvalue weighted by Crippen LogP contribution is -2.41. The van der Waals surface area contributed by atoms with E-state index < -0.39 is 0 Å². The third kappa shape index (κ3) is 4.21. The summed E-state index contributed by atoms with van der Waals surface area (Å²) < 4.78 is 8.25. The predicted octanol–water partition coefficient (Wildman–Crippen LogP) is 4.61. The summed E-state index contributed by atoms with van der Waals surface area (Å²) in [6.07, 6.45) is 2.28. The molecule has 0 radical (unpaired) electrons. The second-order valence-electron chi connectivity index (χ2n) is 5.07. The highest BCUT2D eigenvalue weighted by Gasteiger charge is 2.21. The molecule has 1 fully saturated rings. The Morgan fingerprint density at radius 3 is 2.60 bits per heavy atom. The Labute approximate surface area is 144 Å². The van der Waals surface area contributed by atoms with Crippen molar-refractivity contribution in [1.82, 2.24) is 4.90 Å². The Balaban J connectivity index is 1.96. The Morgan fingerprint density at radius 1 is 1.35 bits per heavy atom. The molecule has 1 unspecified atom stereocenters. The summed E-state index contributed by atoms with van der Waals surface area (Å²) in [6.45, 7) is 3.94. The van der Waals surface area contributed by atoms with E-state index in [2.05, 4.69) is 54.7 Å². The third-order valence-electron chi connectivity index (χ3n) is 3.31. The zero-order chi connectivity index (χ0) is 14.7. The van der Waals surface area contributed by atoms with Crippen LogP contribution >= 0.6 is 47.8 Å². The van der Waals surface area contributed by atoms with Gasteiger partial charge in [-0.15, -0.1) is 0 Å². The number of hydrogen-bond acceptors (Lipinski definition) is 2. The highest BCUT2D eigenvalue weighted by molar-refractivity contribution is 9.11. The normalized spacial score (nSPS) is 19.0. The predicted molar refractivity (Wildman–Crippen MR) is 90.0 cm³/mol. The van der Waals surface area contributed by atoms with E-state index in [1.165, 1.54) is 6.42 Å². The first kappa shape index (κ1) is 16.3. The van der Waals surface area contributed by atoms with Crippen molar-refractivity contribution in [1.29, 1.82) is 0 Å². The van der Waals surface area contributed by atoms with E-state index in [1.54, 1.807) is 0 Å². The van der Waals surface area contributed by atoms with E-state index >= 15 is 0 Å². The van der Waals surface area contributed by atoms with Crippen LogP contribution in [0.25, 0.3) is 0 Å². The second-order valence-corrected chi connectivity index (χ2v) is 7.70. The molecule has 1 saturated heterocycles. The van der Waals surface area contributed by atoms with Gasteiger partial charge in [-0.3, -0.25) is 4.79 Å². The summed E-state index contributed by atoms with van der Waals surface area (Å²) in [5, 5.41) is 0. The first-order valence-electron chi connectivity index (χ1n) is 6.52. The fraction of sp³-hybridized carbons (Fsp3) is 0.500. The third-order valence-corrected chi connectivity index (χ3v) is 4.95. The number of piperidine rings is 1. The molecule has 110 valence electrons. The number of halogens is 3. The van der Waals surface area contributed by atoms with Crippen LogP contribution in [0.1, 0.15) is 19.8 Å². The van der Waals surface area contributed by atoms with Crippen molar-refractivity contribution in [2.24, 2.45) is 5.92 Å². The summed E-state index contributed by atoms with van der Waals surface area (Å²) in [5.41, 5.74) is 0. The van der Waals surface area contributed by atoms with E-state index in [4.69, 9.17) is 4.74 Å². The minimum atomic E-state index is 0.0540. The largest absolute Gasteiger partial charge is 0.481 e. The van der Waals surface area contributed by atoms with Crippen molar-refractivity contribution < 1.29 is 9.53 Å². The van der Waals surface area contributed by atoms with Gasteiger partial charge in [0, 0.05) is 17.6 Å². The van der Waals surface area contributed by atoms with E-state index in [0.717, 1.165) is 32.9 Å². The Kier molecular flexibility index (Phi) is 5.93. The summed E-state index contributed by atoms with van der Waals surface area (Å²) in [7, 11) is 0. The van der Waals surface area contributed by atoms with Gasteiger partial charge < -0.3 is 9.64 Å². The van der Waals surface area contributed by atoms with E-state index in [9.17, 15) is 4.79 Å². The molecule has 0 N–H and O–H groups in total. The van der Waals surface area contributed by atoms with Gasteiger partial charge >= 0.3 is 0 Å². The molecule has 6 heteroatoms. The minimum absolute atomic E-state index is 0.0540. The van der Waals surface area contributed by atoms with Gasteiger partial charge in [-0.1, -0.05) is 22.9 Å². The van der Waals surface area contributed by atoms with Crippen LogP contribution in [0.5, 0.6) is 5.75 Å². The molecule has 20 heavy (non-hydrogen) atoms. The van der Waals surface area contributed by atoms with Crippen LogP contribution in [-0.4, -0.2) is 30.5 Å². The smallest absolute Gasteiger partial charge is 0.260 e. The topological polar surface area (TPSA) is 29.5 Å². The molecular weight excluding hydrogens is 454 g/mol. The van der Waals surface area contributed by atoms with Crippen molar-refractivity contribution in [3.8, 4) is 5.75 Å². The quantitative estimate of drug-likeness (QED) is 0.647. The van der Waals surface area contributed by atoms with Gasteiger partial charge in [-0.05, 0) is 62.8 Å². The van der Waals surface area contributed by atoms with E-state index in [0.29, 0.717) is 11.7 Å². The number of nitrogens with zero attached hydrogens (tertiary/aromatic N) is 1. The molecule has 0 spiro atoms. The van der Waals surface area contributed by atoms with Crippen LogP contribution in [0.3, 0.4) is 0 Å². The molecule has 1 aromatic carbocycles. The minimum Gasteiger partial charge on any atom is -0.481 e. The zero-order valence-corrected chi connectivity index (χ0v) is 15.9. The fourth-order valence-corrected chi connectivity index (χ4v) is 4.80. The van der Waals surface area contributed by atoms with Gasteiger partial charge in [0.1, 0.15) is 5.75 Å². The number of rotatable bonds is 3.